The Morgan fingerprint density at radius 3 is 2.24 bits per heavy atom. The van der Waals surface area contributed by atoms with E-state index in [-0.39, 0.29) is 12.1 Å². The summed E-state index contributed by atoms with van der Waals surface area (Å²) in [5.41, 5.74) is 2.19. The highest BCUT2D eigenvalue weighted by Crippen LogP contribution is 2.23. The number of sulfonamides is 1. The molecule has 1 aromatic carbocycles. The summed E-state index contributed by atoms with van der Waals surface area (Å²) in [7, 11) is -3.33. The van der Waals surface area contributed by atoms with Gasteiger partial charge in [0, 0.05) is 11.8 Å². The average molecular weight is 431 g/mol. The number of aromatic nitrogens is 1. The van der Waals surface area contributed by atoms with E-state index in [2.05, 4.69) is 9.71 Å². The summed E-state index contributed by atoms with van der Waals surface area (Å²) in [6.45, 7) is -1.16. The number of aliphatic hydroxyl groups is 1. The van der Waals surface area contributed by atoms with Gasteiger partial charge in [-0.15, -0.1) is 0 Å². The molecule has 7 nitrogen and oxygen atoms in total. The number of carbonyl (C=O) groups is 1. The van der Waals surface area contributed by atoms with Gasteiger partial charge in [-0.2, -0.15) is 8.78 Å². The van der Waals surface area contributed by atoms with Gasteiger partial charge in [0.15, 0.2) is 0 Å². The molecule has 0 unspecified atom stereocenters. The van der Waals surface area contributed by atoms with Crippen molar-refractivity contribution in [3.05, 3.63) is 53.9 Å². The van der Waals surface area contributed by atoms with E-state index in [0.717, 1.165) is 6.26 Å². The summed E-state index contributed by atoms with van der Waals surface area (Å²) in [6.07, 6.45) is -2.22. The van der Waals surface area contributed by atoms with Crippen LogP contribution >= 0.6 is 0 Å². The predicted octanol–water partition coefficient (Wildman–Crippen LogP) is 1.55. The minimum absolute atomic E-state index is 0.0548. The van der Waals surface area contributed by atoms with E-state index < -0.39 is 41.2 Å². The predicted molar refractivity (Wildman–Crippen MR) is 100 cm³/mol. The third-order valence-electron chi connectivity index (χ3n) is 4.00. The van der Waals surface area contributed by atoms with E-state index in [1.807, 2.05) is 0 Å². The van der Waals surface area contributed by atoms with E-state index >= 15 is 0 Å². The summed E-state index contributed by atoms with van der Waals surface area (Å²) in [4.78, 5) is 15.2. The molecule has 1 aromatic heterocycles. The number of hydrogen-bond acceptors (Lipinski definition) is 5. The first-order valence-corrected chi connectivity index (χ1v) is 10.3. The van der Waals surface area contributed by atoms with Crippen LogP contribution in [-0.2, 0) is 21.4 Å². The molecule has 2 atom stereocenters. The first kappa shape index (κ1) is 22.8. The van der Waals surface area contributed by atoms with E-state index in [0.29, 0.717) is 16.8 Å². The van der Waals surface area contributed by atoms with E-state index in [1.54, 1.807) is 29.6 Å². The Kier molecular flexibility index (Phi) is 7.71. The lowest BCUT2D eigenvalue weighted by Gasteiger charge is -2.22. The molecule has 1 heterocycles. The van der Waals surface area contributed by atoms with Gasteiger partial charge in [-0.25, -0.2) is 17.5 Å². The smallest absolute Gasteiger partial charge is 0.315 e. The number of alkyl halides is 3. The van der Waals surface area contributed by atoms with Crippen molar-refractivity contribution >= 4 is 15.9 Å². The van der Waals surface area contributed by atoms with Crippen LogP contribution in [-0.4, -0.2) is 49.8 Å². The van der Waals surface area contributed by atoms with Gasteiger partial charge < -0.3 is 10.4 Å². The maximum absolute atomic E-state index is 13.1. The Morgan fingerprint density at radius 1 is 1.14 bits per heavy atom. The van der Waals surface area contributed by atoms with Crippen LogP contribution in [0.5, 0.6) is 0 Å². The Morgan fingerprint density at radius 2 is 1.76 bits per heavy atom. The Balaban J connectivity index is 2.08. The zero-order valence-electron chi connectivity index (χ0n) is 15.3. The third kappa shape index (κ3) is 6.80. The molecular formula is C18H20F3N3O4S. The number of aliphatic hydroxyl groups excluding tert-OH is 1. The van der Waals surface area contributed by atoms with Crippen LogP contribution in [0.1, 0.15) is 17.4 Å². The molecule has 2 aromatic rings. The first-order valence-electron chi connectivity index (χ1n) is 8.43. The second-order valence-electron chi connectivity index (χ2n) is 6.27. The molecule has 2 rings (SSSR count). The van der Waals surface area contributed by atoms with Crippen molar-refractivity contribution < 1.29 is 31.5 Å². The minimum Gasteiger partial charge on any atom is -0.386 e. The summed E-state index contributed by atoms with van der Waals surface area (Å²) in [5.74, 6) is -1.65. The van der Waals surface area contributed by atoms with Gasteiger partial charge in [-0.3, -0.25) is 9.78 Å². The minimum atomic E-state index is -3.33. The molecule has 11 heteroatoms. The molecule has 3 N–H and O–H groups in total. The molecule has 158 valence electrons. The van der Waals surface area contributed by atoms with Gasteiger partial charge in [-0.05, 0) is 17.2 Å². The molecule has 0 aliphatic carbocycles. The van der Waals surface area contributed by atoms with Crippen LogP contribution in [0, 0.1) is 0 Å². The monoisotopic (exact) mass is 431 g/mol. The van der Waals surface area contributed by atoms with Crippen LogP contribution in [0.4, 0.5) is 13.2 Å². The van der Waals surface area contributed by atoms with Crippen molar-refractivity contribution in [3.63, 3.8) is 0 Å². The maximum atomic E-state index is 13.1. The number of hydrogen-bond donors (Lipinski definition) is 3. The fourth-order valence-corrected chi connectivity index (χ4v) is 2.87. The SMILES string of the molecule is CS(=O)(=O)NCc1ccc(-c2ccc([C@H](O)[C@@H](CF)NC(=O)C(F)F)cc2)cn1. The first-order chi connectivity index (χ1) is 13.6. The molecule has 0 radical (unpaired) electrons. The van der Waals surface area contributed by atoms with Crippen LogP contribution in [0.3, 0.4) is 0 Å². The number of nitrogens with zero attached hydrogens (tertiary/aromatic N) is 1. The molecule has 1 amide bonds. The Hall–Kier alpha value is -2.50. The molecule has 0 saturated carbocycles. The molecule has 0 fully saturated rings. The van der Waals surface area contributed by atoms with Gasteiger partial charge in [-0.1, -0.05) is 30.3 Å². The lowest BCUT2D eigenvalue weighted by Crippen LogP contribution is -2.43. The zero-order valence-corrected chi connectivity index (χ0v) is 16.2. The summed E-state index contributed by atoms with van der Waals surface area (Å²) in [6, 6.07) is 8.08. The van der Waals surface area contributed by atoms with Gasteiger partial charge >= 0.3 is 6.43 Å². The third-order valence-corrected chi connectivity index (χ3v) is 4.67. The number of halogens is 3. The quantitative estimate of drug-likeness (QED) is 0.558. The average Bonchev–Trinajstić information content (AvgIpc) is 2.69. The summed E-state index contributed by atoms with van der Waals surface area (Å²) < 4.78 is 62.2. The highest BCUT2D eigenvalue weighted by Gasteiger charge is 2.26. The zero-order chi connectivity index (χ0) is 21.6. The fourth-order valence-electron chi connectivity index (χ4n) is 2.46. The second kappa shape index (κ2) is 9.81. The van der Waals surface area contributed by atoms with Crippen molar-refractivity contribution in [3.8, 4) is 11.1 Å². The fraction of sp³-hybridized carbons (Fsp3) is 0.333. The number of pyridine rings is 1. The largest absolute Gasteiger partial charge is 0.386 e. The van der Waals surface area contributed by atoms with E-state index in [4.69, 9.17) is 0 Å². The molecule has 0 bridgehead atoms. The Bertz CT molecular complexity index is 922. The summed E-state index contributed by atoms with van der Waals surface area (Å²) >= 11 is 0. The lowest BCUT2D eigenvalue weighted by atomic mass is 9.99. The number of rotatable bonds is 9. The van der Waals surface area contributed by atoms with E-state index in [1.165, 1.54) is 18.3 Å². The number of carbonyl (C=O) groups excluding carboxylic acids is 1. The van der Waals surface area contributed by atoms with Gasteiger partial charge in [0.25, 0.3) is 5.91 Å². The van der Waals surface area contributed by atoms with Crippen molar-refractivity contribution in [1.29, 1.82) is 0 Å². The molecule has 0 spiro atoms. The molecule has 0 aliphatic rings. The summed E-state index contributed by atoms with van der Waals surface area (Å²) in [5, 5.41) is 11.9. The lowest BCUT2D eigenvalue weighted by molar-refractivity contribution is -0.133. The van der Waals surface area contributed by atoms with Crippen molar-refractivity contribution in [2.24, 2.45) is 0 Å². The van der Waals surface area contributed by atoms with Crippen LogP contribution in [0.2, 0.25) is 0 Å². The standard InChI is InChI=1S/C18H20F3N3O4S/c1-29(27,28)23-10-14-7-6-13(9-22-14)11-2-4-12(5-3-11)16(25)15(8-19)24-18(26)17(20)21/h2-7,9,15-17,23,25H,8,10H2,1H3,(H,24,26)/t15-,16+/m1/s1. The number of amides is 1. The van der Waals surface area contributed by atoms with Gasteiger partial charge in [0.1, 0.15) is 12.8 Å². The molecular weight excluding hydrogens is 411 g/mol. The van der Waals surface area contributed by atoms with E-state index in [9.17, 15) is 31.5 Å². The highest BCUT2D eigenvalue weighted by atomic mass is 32.2. The Labute approximate surface area is 166 Å². The van der Waals surface area contributed by atoms with Crippen LogP contribution in [0.15, 0.2) is 42.6 Å². The normalized spacial score (nSPS) is 13.9. The molecule has 0 saturated heterocycles. The van der Waals surface area contributed by atoms with Gasteiger partial charge in [0.05, 0.1) is 24.5 Å². The number of nitrogens with one attached hydrogen (secondary N) is 2. The van der Waals surface area contributed by atoms with Crippen LogP contribution < -0.4 is 10.0 Å². The van der Waals surface area contributed by atoms with Gasteiger partial charge in [0.2, 0.25) is 10.0 Å². The van der Waals surface area contributed by atoms with Crippen molar-refractivity contribution in [2.75, 3.05) is 12.9 Å². The second-order valence-corrected chi connectivity index (χ2v) is 8.10. The molecule has 0 aliphatic heterocycles. The highest BCUT2D eigenvalue weighted by molar-refractivity contribution is 7.88. The maximum Gasteiger partial charge on any atom is 0.315 e. The molecule has 29 heavy (non-hydrogen) atoms. The number of benzene rings is 1. The topological polar surface area (TPSA) is 108 Å². The van der Waals surface area contributed by atoms with Crippen molar-refractivity contribution in [1.82, 2.24) is 15.0 Å². The van der Waals surface area contributed by atoms with Crippen LogP contribution in [0.25, 0.3) is 11.1 Å². The van der Waals surface area contributed by atoms with Crippen molar-refractivity contribution in [2.45, 2.75) is 25.1 Å².